The summed E-state index contributed by atoms with van der Waals surface area (Å²) in [4.78, 5) is 41.2. The van der Waals surface area contributed by atoms with Crippen LogP contribution in [0, 0.1) is 53.4 Å². The normalized spacial score (nSPS) is 16.3. The Balaban J connectivity index is 0.898. The number of carbonyl (C=O) groups excluding carboxylic acids is 2. The summed E-state index contributed by atoms with van der Waals surface area (Å²) in [6, 6.07) is 14.4. The van der Waals surface area contributed by atoms with Crippen LogP contribution in [-0.4, -0.2) is 65.9 Å². The summed E-state index contributed by atoms with van der Waals surface area (Å²) in [7, 11) is 0. The van der Waals surface area contributed by atoms with Crippen molar-refractivity contribution in [1.29, 1.82) is 0 Å². The van der Waals surface area contributed by atoms with Gasteiger partial charge in [-0.25, -0.2) is 0 Å². The molecule has 2 aliphatic heterocycles. The van der Waals surface area contributed by atoms with Crippen LogP contribution in [0.2, 0.25) is 10.0 Å². The first kappa shape index (κ1) is 45.5. The highest BCUT2D eigenvalue weighted by Crippen LogP contribution is 2.43. The Morgan fingerprint density at radius 2 is 0.969 bits per heavy atom. The molecule has 4 atom stereocenters. The zero-order chi connectivity index (χ0) is 45.4. The standard InChI is InChI=1S/C48H54Cl2N10O2S2/c1-9-35(41-43-57-55-29(7)59(43)47-37(25(3)27(5)63-47)39(53-41)31-15-19-33(49)20-16-31)45(61)51-23-13-11-12-14-24-52-46(62)36(10-2)42-44-58-56-30(8)60(44)48-38(26(4)28(6)64-48)40(54-42)32-17-21-34(50)22-18-32/h15-22,35-36,41-42H,9-14,23-24H2,1-8H3,(H,51,61)(H,52,62)/t35-,36-,41+,42+/m1/s1. The predicted molar refractivity (Wildman–Crippen MR) is 259 cm³/mol. The Kier molecular flexibility index (Phi) is 13.7. The van der Waals surface area contributed by atoms with Crippen molar-refractivity contribution in [3.05, 3.63) is 125 Å². The minimum Gasteiger partial charge on any atom is -0.356 e. The number of thiophene rings is 2. The molecule has 2 N–H and O–H groups in total. The first-order chi connectivity index (χ1) is 30.8. The Bertz CT molecular complexity index is 2580. The van der Waals surface area contributed by atoms with Crippen molar-refractivity contribution in [1.82, 2.24) is 40.2 Å². The third-order valence-corrected chi connectivity index (χ3v) is 15.5. The van der Waals surface area contributed by atoms with Crippen LogP contribution >= 0.6 is 45.9 Å². The molecule has 2 aromatic carbocycles. The van der Waals surface area contributed by atoms with Crippen LogP contribution in [0.15, 0.2) is 58.5 Å². The van der Waals surface area contributed by atoms with E-state index in [2.05, 4.69) is 67.9 Å². The number of nitrogens with one attached hydrogen (secondary N) is 2. The van der Waals surface area contributed by atoms with E-state index in [1.807, 2.05) is 76.2 Å². The third kappa shape index (κ3) is 8.61. The van der Waals surface area contributed by atoms with Gasteiger partial charge in [-0.05, 0) is 103 Å². The number of aromatic nitrogens is 6. The maximum atomic E-state index is 14.0. The molecule has 16 heteroatoms. The van der Waals surface area contributed by atoms with Crippen LogP contribution in [0.3, 0.4) is 0 Å². The number of amides is 2. The van der Waals surface area contributed by atoms with Gasteiger partial charge >= 0.3 is 0 Å². The molecule has 12 nitrogen and oxygen atoms in total. The Labute approximate surface area is 392 Å². The average molecular weight is 938 g/mol. The number of aliphatic imine (C=N–C) groups is 2. The van der Waals surface area contributed by atoms with Crippen molar-refractivity contribution >= 4 is 69.1 Å². The molecule has 334 valence electrons. The fourth-order valence-electron chi connectivity index (χ4n) is 8.84. The number of unbranched alkanes of at least 4 members (excludes halogenated alkanes) is 3. The number of rotatable bonds is 15. The lowest BCUT2D eigenvalue weighted by molar-refractivity contribution is -0.126. The summed E-state index contributed by atoms with van der Waals surface area (Å²) in [6.45, 7) is 17.5. The van der Waals surface area contributed by atoms with Crippen molar-refractivity contribution in [2.75, 3.05) is 13.1 Å². The highest BCUT2D eigenvalue weighted by Gasteiger charge is 2.39. The van der Waals surface area contributed by atoms with E-state index in [0.29, 0.717) is 47.6 Å². The lowest BCUT2D eigenvalue weighted by atomic mass is 9.94. The molecule has 0 unspecified atom stereocenters. The third-order valence-electron chi connectivity index (χ3n) is 12.6. The van der Waals surface area contributed by atoms with E-state index in [1.165, 1.54) is 9.75 Å². The van der Waals surface area contributed by atoms with Crippen LogP contribution < -0.4 is 10.6 Å². The molecule has 2 amide bonds. The van der Waals surface area contributed by atoms with Gasteiger partial charge in [-0.3, -0.25) is 28.7 Å². The SMILES string of the molecule is CC[C@@H](C(=O)NCCCCCCNC(=O)[C@H](CC)[C@@H]1N=C(c2ccc(Cl)cc2)c2c(sc(C)c2C)-n2c(C)nnc21)[C@@H]1N=C(c2ccc(Cl)cc2)c2c(sc(C)c2C)-n2c(C)nnc21. The van der Waals surface area contributed by atoms with Crippen LogP contribution in [0.4, 0.5) is 0 Å². The van der Waals surface area contributed by atoms with Crippen molar-refractivity contribution in [3.8, 4) is 10.0 Å². The van der Waals surface area contributed by atoms with Gasteiger partial charge in [0, 0.05) is 55.1 Å². The van der Waals surface area contributed by atoms with Crippen LogP contribution in [0.25, 0.3) is 10.0 Å². The fourth-order valence-corrected chi connectivity index (χ4v) is 11.5. The first-order valence-corrected chi connectivity index (χ1v) is 24.5. The van der Waals surface area contributed by atoms with E-state index in [1.54, 1.807) is 22.7 Å². The van der Waals surface area contributed by atoms with Crippen LogP contribution in [0.5, 0.6) is 0 Å². The van der Waals surface area contributed by atoms with Gasteiger partial charge in [-0.1, -0.05) is 74.2 Å². The van der Waals surface area contributed by atoms with Crippen LogP contribution in [-0.2, 0) is 9.59 Å². The molecule has 0 bridgehead atoms. The maximum absolute atomic E-state index is 14.0. The minimum absolute atomic E-state index is 0.0540. The second-order valence-corrected chi connectivity index (χ2v) is 20.0. The molecule has 4 aromatic heterocycles. The number of benzene rings is 2. The minimum atomic E-state index is -0.541. The number of hydrogen-bond donors (Lipinski definition) is 2. The highest BCUT2D eigenvalue weighted by atomic mass is 35.5. The number of aryl methyl sites for hydroxylation is 4. The van der Waals surface area contributed by atoms with E-state index in [0.717, 1.165) is 92.1 Å². The first-order valence-electron chi connectivity index (χ1n) is 22.1. The number of hydrogen-bond acceptors (Lipinski definition) is 10. The van der Waals surface area contributed by atoms with Gasteiger partial charge in [0.1, 0.15) is 33.7 Å². The van der Waals surface area contributed by atoms with E-state index < -0.39 is 23.9 Å². The molecule has 8 rings (SSSR count). The number of nitrogens with zero attached hydrogens (tertiary/aromatic N) is 8. The Morgan fingerprint density at radius 1 is 0.594 bits per heavy atom. The molecule has 0 saturated carbocycles. The molecule has 0 radical (unpaired) electrons. The van der Waals surface area contributed by atoms with Gasteiger partial charge < -0.3 is 10.6 Å². The fraction of sp³-hybridized carbons (Fsp3) is 0.417. The molecular weight excluding hydrogens is 884 g/mol. The number of fused-ring (bicyclic) bond motifs is 6. The van der Waals surface area contributed by atoms with E-state index in [-0.39, 0.29) is 11.8 Å². The highest BCUT2D eigenvalue weighted by molar-refractivity contribution is 7.15. The van der Waals surface area contributed by atoms with Crippen molar-refractivity contribution < 1.29 is 9.59 Å². The molecule has 64 heavy (non-hydrogen) atoms. The summed E-state index contributed by atoms with van der Waals surface area (Å²) in [6.07, 6.45) is 4.57. The molecule has 2 aliphatic rings. The smallest absolute Gasteiger partial charge is 0.225 e. The van der Waals surface area contributed by atoms with Gasteiger partial charge in [0.05, 0.1) is 23.3 Å². The van der Waals surface area contributed by atoms with Gasteiger partial charge in [0.15, 0.2) is 11.6 Å². The summed E-state index contributed by atoms with van der Waals surface area (Å²) >= 11 is 16.0. The summed E-state index contributed by atoms with van der Waals surface area (Å²) < 4.78 is 4.18. The topological polar surface area (TPSA) is 144 Å². The molecule has 0 spiro atoms. The molecule has 6 heterocycles. The maximum Gasteiger partial charge on any atom is 0.225 e. The van der Waals surface area contributed by atoms with Gasteiger partial charge in [0.25, 0.3) is 0 Å². The van der Waals surface area contributed by atoms with Gasteiger partial charge in [-0.2, -0.15) is 0 Å². The predicted octanol–water partition coefficient (Wildman–Crippen LogP) is 10.5. The number of carbonyl (C=O) groups is 2. The second-order valence-electron chi connectivity index (χ2n) is 16.7. The second kappa shape index (κ2) is 19.2. The van der Waals surface area contributed by atoms with Crippen LogP contribution in [0.1, 0.15) is 131 Å². The van der Waals surface area contributed by atoms with E-state index in [9.17, 15) is 9.59 Å². The van der Waals surface area contributed by atoms with Gasteiger partial charge in [-0.15, -0.1) is 43.1 Å². The molecular formula is C48H54Cl2N10O2S2. The van der Waals surface area contributed by atoms with Crippen molar-refractivity contribution in [3.63, 3.8) is 0 Å². The molecule has 0 saturated heterocycles. The van der Waals surface area contributed by atoms with Crippen molar-refractivity contribution in [2.24, 2.45) is 21.8 Å². The largest absolute Gasteiger partial charge is 0.356 e. The number of halogens is 2. The average Bonchev–Trinajstić information content (AvgIpc) is 3.96. The van der Waals surface area contributed by atoms with E-state index >= 15 is 0 Å². The monoisotopic (exact) mass is 936 g/mol. The quantitative estimate of drug-likeness (QED) is 0.0981. The zero-order valence-corrected chi connectivity index (χ0v) is 40.7. The van der Waals surface area contributed by atoms with E-state index in [4.69, 9.17) is 33.2 Å². The molecule has 0 aliphatic carbocycles. The summed E-state index contributed by atoms with van der Waals surface area (Å²) in [5.74, 6) is 1.84. The lowest BCUT2D eigenvalue weighted by Crippen LogP contribution is -2.35. The Hall–Kier alpha value is -5.02. The Morgan fingerprint density at radius 3 is 1.33 bits per heavy atom. The molecule has 6 aromatic rings. The lowest BCUT2D eigenvalue weighted by Gasteiger charge is -2.22. The van der Waals surface area contributed by atoms with Gasteiger partial charge in [0.2, 0.25) is 11.8 Å². The summed E-state index contributed by atoms with van der Waals surface area (Å²) in [5, 5.41) is 28.0. The zero-order valence-electron chi connectivity index (χ0n) is 37.6. The molecule has 0 fully saturated rings. The summed E-state index contributed by atoms with van der Waals surface area (Å²) in [5.41, 5.74) is 7.91. The van der Waals surface area contributed by atoms with Crippen molar-refractivity contribution in [2.45, 2.75) is 106 Å².